The zero-order valence-corrected chi connectivity index (χ0v) is 63.8. The van der Waals surface area contributed by atoms with E-state index in [4.69, 9.17) is 0 Å². The van der Waals surface area contributed by atoms with Gasteiger partial charge < -0.3 is 21.3 Å². The molecule has 547 valence electrons. The molecule has 106 heavy (non-hydrogen) atoms. The quantitative estimate of drug-likeness (QED) is 0.0257. The van der Waals surface area contributed by atoms with E-state index in [1.807, 2.05) is 93.0 Å². The SMILES string of the molecule is O=[N+]([O-])c1ccccc1S(=O)(=O)[N-]c1ccccc1-c1ccccn1.O=[N+]([O-])c1ccccc1S(=O)(=O)[N-]c1ccccc1-c1ccccn1.[Ag+].[C-](=C(c1ccccc1)c1ccccc1)c1ccccc1.[C-](=C(c1ccccc1)c1ccccc1)c1ccccc1.[CH2-]CCN(C)C.[Ni+2].[Ni][Br].c1ccncc1. The molecular weight excluding hydrogens is 1620 g/mol. The van der Waals surface area contributed by atoms with E-state index < -0.39 is 51.1 Å². The summed E-state index contributed by atoms with van der Waals surface area (Å²) in [7, 11) is -4.43. The van der Waals surface area contributed by atoms with Gasteiger partial charge in [0.25, 0.3) is 11.4 Å². The van der Waals surface area contributed by atoms with E-state index in [2.05, 4.69) is 198 Å². The summed E-state index contributed by atoms with van der Waals surface area (Å²) < 4.78 is 58.1. The van der Waals surface area contributed by atoms with Crippen molar-refractivity contribution in [1.29, 1.82) is 0 Å². The molecule has 0 aliphatic heterocycles. The number of nitro groups is 2. The van der Waals surface area contributed by atoms with Gasteiger partial charge in [-0.1, -0.05) is 271 Å². The summed E-state index contributed by atoms with van der Waals surface area (Å²) in [4.78, 5) is 34.1. The number of halogens is 1. The molecule has 0 saturated carbocycles. The fraction of sp³-hybridized carbons (Fsp3) is 0.0476. The number of sulfonamides is 2. The topological polar surface area (TPSA) is 225 Å². The van der Waals surface area contributed by atoms with Gasteiger partial charge in [-0.05, 0) is 80.3 Å². The zero-order chi connectivity index (χ0) is 74.2. The van der Waals surface area contributed by atoms with Crippen molar-refractivity contribution >= 4 is 68.2 Å². The molecule has 0 unspecified atom stereocenters. The molecule has 0 atom stereocenters. The van der Waals surface area contributed by atoms with Crippen LogP contribution in [0.25, 0.3) is 43.1 Å². The number of hydrogen-bond acceptors (Lipinski definition) is 12. The molecule has 0 N–H and O–H groups in total. The Bertz CT molecular complexity index is 4610. The van der Waals surface area contributed by atoms with Crippen molar-refractivity contribution in [3.8, 4) is 22.5 Å². The number of aromatic nitrogens is 3. The van der Waals surface area contributed by atoms with Crippen LogP contribution in [-0.2, 0) is 72.6 Å². The fourth-order valence-corrected chi connectivity index (χ4v) is 11.9. The summed E-state index contributed by atoms with van der Waals surface area (Å²) in [5.74, 6) is 0. The Morgan fingerprint density at radius 3 is 0.953 bits per heavy atom. The summed E-state index contributed by atoms with van der Waals surface area (Å²) in [5, 5.41) is 22.2. The van der Waals surface area contributed by atoms with E-state index in [1.165, 1.54) is 70.8 Å². The van der Waals surface area contributed by atoms with E-state index in [-0.39, 0.29) is 50.2 Å². The standard InChI is InChI=1S/2C20H15.2C17H12N3O4S.C5H5N.C5H12N.Ag.BrH.2Ni/c2*1-4-10-17(11-5-1)16-20(18-12-6-2-7-13-18)19-14-8-3-9-15-19;2*21-20(22)16-10-3-4-11-17(16)25(23,24)19-15-9-2-1-7-13(15)14-8-5-6-12-18-14;1-2-4-6-5-3-1;1-4-5-6(2)3;;;;/h2*1-15H;2*1-12H;1-5H;1,4-5H2,2-3H3;;1H;;/q4*-1;;-1;+1;;+1;+2/p-1. The van der Waals surface area contributed by atoms with Crippen molar-refractivity contribution in [2.75, 3.05) is 20.6 Å². The molecule has 0 amide bonds. The minimum atomic E-state index is -4.26. The monoisotopic (exact) mass is 1690 g/mol. The molecule has 16 nitrogen and oxygen atoms in total. The number of para-hydroxylation sites is 2. The number of rotatable bonds is 18. The van der Waals surface area contributed by atoms with Gasteiger partial charge in [-0.15, -0.1) is 70.1 Å². The molecular formula is C84H71AgBrN8Ni2O8S2-2. The Hall–Kier alpha value is -10.4. The predicted molar refractivity (Wildman–Crippen MR) is 416 cm³/mol. The number of benzene rings is 10. The van der Waals surface area contributed by atoms with Crippen molar-refractivity contribution in [3.05, 3.63) is 441 Å². The van der Waals surface area contributed by atoms with Crippen LogP contribution >= 0.6 is 14.2 Å². The second kappa shape index (κ2) is 47.1. The minimum absolute atomic E-state index is 0. The average molecular weight is 1690 g/mol. The third kappa shape index (κ3) is 28.2. The van der Waals surface area contributed by atoms with Crippen LogP contribution in [0.15, 0.2) is 368 Å². The number of nitrogens with zero attached hydrogens (tertiary/aromatic N) is 8. The number of pyridine rings is 3. The van der Waals surface area contributed by atoms with E-state index in [0.717, 1.165) is 47.4 Å². The summed E-state index contributed by atoms with van der Waals surface area (Å²) in [6, 6.07) is 102. The van der Waals surface area contributed by atoms with E-state index in [9.17, 15) is 37.1 Å². The third-order valence-electron chi connectivity index (χ3n) is 14.3. The van der Waals surface area contributed by atoms with Gasteiger partial charge in [0.2, 0.25) is 0 Å². The van der Waals surface area contributed by atoms with Crippen LogP contribution in [0, 0.1) is 39.3 Å². The minimum Gasteiger partial charge on any atom is -0.265 e. The molecule has 0 radical (unpaired) electrons. The molecule has 3 heterocycles. The largest absolute Gasteiger partial charge is 0.265 e. The number of nitro benzene ring substituents is 2. The Labute approximate surface area is 661 Å². The zero-order valence-electron chi connectivity index (χ0n) is 57.2. The van der Waals surface area contributed by atoms with Crippen LogP contribution < -0.4 is 0 Å². The maximum absolute atomic E-state index is 12.6. The van der Waals surface area contributed by atoms with Gasteiger partial charge in [-0.25, -0.2) is 16.8 Å². The third-order valence-corrected chi connectivity index (χ3v) is 17.0. The first kappa shape index (κ1) is 86.2. The van der Waals surface area contributed by atoms with Gasteiger partial charge in [0, 0.05) is 36.9 Å². The first-order valence-electron chi connectivity index (χ1n) is 32.1. The summed E-state index contributed by atoms with van der Waals surface area (Å²) in [5.41, 5.74) is 10.6. The molecule has 13 rings (SSSR count). The predicted octanol–water partition coefficient (Wildman–Crippen LogP) is 20.7. The van der Waals surface area contributed by atoms with Crippen LogP contribution in [0.2, 0.25) is 0 Å². The maximum atomic E-state index is 12.6. The number of hydrogen-bond donors (Lipinski definition) is 0. The van der Waals surface area contributed by atoms with Crippen molar-refractivity contribution in [3.63, 3.8) is 0 Å². The van der Waals surface area contributed by atoms with Gasteiger partial charge in [0.15, 0.2) is 0 Å². The van der Waals surface area contributed by atoms with E-state index in [1.54, 1.807) is 97.6 Å². The molecule has 0 spiro atoms. The molecule has 0 saturated heterocycles. The second-order valence-electron chi connectivity index (χ2n) is 21.9. The fourth-order valence-electron chi connectivity index (χ4n) is 9.60. The van der Waals surface area contributed by atoms with Crippen molar-refractivity contribution < 1.29 is 79.2 Å². The molecule has 10 aromatic carbocycles. The Kier molecular flexibility index (Phi) is 38.3. The van der Waals surface area contributed by atoms with Gasteiger partial charge in [0.05, 0.1) is 21.2 Å². The van der Waals surface area contributed by atoms with Crippen molar-refractivity contribution in [2.45, 2.75) is 16.2 Å². The van der Waals surface area contributed by atoms with E-state index in [0.29, 0.717) is 22.5 Å². The molecule has 0 aliphatic rings. The van der Waals surface area contributed by atoms with Crippen LogP contribution in [0.4, 0.5) is 22.7 Å². The smallest absolute Gasteiger partial charge is 0.0267 e. The normalized spacial score (nSPS) is 10.1. The molecule has 0 fully saturated rings. The van der Waals surface area contributed by atoms with Gasteiger partial charge in [-0.2, -0.15) is 6.42 Å². The summed E-state index contributed by atoms with van der Waals surface area (Å²) in [6.07, 6.45) is 14.7. The average Bonchev–Trinajstić information content (AvgIpc) is 0.798. The second-order valence-corrected chi connectivity index (χ2v) is 25.1. The first-order chi connectivity index (χ1) is 50.6. The van der Waals surface area contributed by atoms with Gasteiger partial charge in [-0.3, -0.25) is 35.2 Å². The van der Waals surface area contributed by atoms with Crippen molar-refractivity contribution in [1.82, 2.24) is 19.9 Å². The Morgan fingerprint density at radius 2 is 0.689 bits per heavy atom. The van der Waals surface area contributed by atoms with Gasteiger partial charge >= 0.3 is 66.8 Å². The Morgan fingerprint density at radius 1 is 0.415 bits per heavy atom. The summed E-state index contributed by atoms with van der Waals surface area (Å²) >= 11 is 6.25. The maximum Gasteiger partial charge on any atom is 0.0267 e. The molecule has 3 aromatic heterocycles. The molecule has 0 aliphatic carbocycles. The van der Waals surface area contributed by atoms with Crippen LogP contribution in [0.5, 0.6) is 0 Å². The molecule has 13 aromatic rings. The van der Waals surface area contributed by atoms with Crippen LogP contribution in [-0.4, -0.2) is 67.2 Å². The van der Waals surface area contributed by atoms with E-state index >= 15 is 0 Å². The first-order valence-corrected chi connectivity index (χ1v) is 37.4. The summed E-state index contributed by atoms with van der Waals surface area (Å²) in [6.45, 7) is 4.78. The van der Waals surface area contributed by atoms with Crippen molar-refractivity contribution in [2.24, 2.45) is 0 Å². The van der Waals surface area contributed by atoms with Crippen LogP contribution in [0.3, 0.4) is 0 Å². The Balaban J connectivity index is 0.000000238. The van der Waals surface area contributed by atoms with Gasteiger partial charge in [0.1, 0.15) is 29.8 Å². The molecule has 0 bridgehead atoms. The van der Waals surface area contributed by atoms with Crippen LogP contribution in [0.1, 0.15) is 39.8 Å². The molecule has 22 heteroatoms.